The maximum atomic E-state index is 12.6. The fourth-order valence-electron chi connectivity index (χ4n) is 4.04. The van der Waals surface area contributed by atoms with Crippen molar-refractivity contribution in [3.8, 4) is 5.75 Å². The Balaban J connectivity index is 1.39. The number of anilines is 2. The third-order valence-electron chi connectivity index (χ3n) is 6.27. The lowest BCUT2D eigenvalue weighted by molar-refractivity contribution is 0.0696. The fraction of sp³-hybridized carbons (Fsp3) is 0. The van der Waals surface area contributed by atoms with Gasteiger partial charge >= 0.3 is 5.97 Å². The summed E-state index contributed by atoms with van der Waals surface area (Å²) >= 11 is 0. The number of hydrogen-bond acceptors (Lipinski definition) is 10. The zero-order valence-corrected chi connectivity index (χ0v) is 23.3. The Labute approximate surface area is 249 Å². The summed E-state index contributed by atoms with van der Waals surface area (Å²) in [6, 6.07) is 23.8. The first-order valence-corrected chi connectivity index (χ1v) is 14.1. The van der Waals surface area contributed by atoms with Crippen molar-refractivity contribution < 1.29 is 32.8 Å². The molecule has 0 saturated heterocycles. The zero-order chi connectivity index (χ0) is 31.4. The molecule has 13 nitrogen and oxygen atoms in total. The summed E-state index contributed by atoms with van der Waals surface area (Å²) in [5.41, 5.74) is 7.61. The van der Waals surface area contributed by atoms with Crippen LogP contribution in [0.1, 0.15) is 20.7 Å². The number of aromatic carboxylic acids is 1. The molecule has 0 atom stereocenters. The van der Waals surface area contributed by atoms with Crippen molar-refractivity contribution in [3.63, 3.8) is 0 Å². The smallest absolute Gasteiger partial charge is 0.335 e. The van der Waals surface area contributed by atoms with E-state index in [1.807, 2.05) is 0 Å². The molecule has 0 aliphatic rings. The molecule has 0 unspecified atom stereocenters. The third kappa shape index (κ3) is 6.73. The van der Waals surface area contributed by atoms with E-state index in [0.717, 1.165) is 6.07 Å². The second-order valence-electron chi connectivity index (χ2n) is 9.33. The minimum Gasteiger partial charge on any atom is -0.505 e. The molecule has 6 N–H and O–H groups in total. The molecule has 0 saturated carbocycles. The van der Waals surface area contributed by atoms with Crippen LogP contribution in [-0.2, 0) is 10.1 Å². The van der Waals surface area contributed by atoms with Crippen LogP contribution in [0.25, 0.3) is 10.8 Å². The molecule has 14 heteroatoms. The lowest BCUT2D eigenvalue weighted by Gasteiger charge is -2.11. The van der Waals surface area contributed by atoms with Crippen molar-refractivity contribution >= 4 is 66.9 Å². The Morgan fingerprint density at radius 3 is 1.77 bits per heavy atom. The maximum absolute atomic E-state index is 12.6. The van der Waals surface area contributed by atoms with Gasteiger partial charge in [0.2, 0.25) is 0 Å². The van der Waals surface area contributed by atoms with E-state index >= 15 is 0 Å². The van der Waals surface area contributed by atoms with Crippen LogP contribution >= 0.6 is 0 Å². The number of nitrogens with two attached hydrogens (primary N) is 1. The molecule has 5 aromatic rings. The van der Waals surface area contributed by atoms with Crippen LogP contribution in [0, 0.1) is 0 Å². The van der Waals surface area contributed by atoms with Crippen LogP contribution in [0.5, 0.6) is 5.75 Å². The van der Waals surface area contributed by atoms with E-state index in [4.69, 9.17) is 10.8 Å². The van der Waals surface area contributed by atoms with Crippen LogP contribution in [0.4, 0.5) is 34.1 Å². The van der Waals surface area contributed by atoms with Gasteiger partial charge in [-0.15, -0.1) is 5.11 Å². The molecule has 0 radical (unpaired) electrons. The van der Waals surface area contributed by atoms with E-state index < -0.39 is 38.3 Å². The van der Waals surface area contributed by atoms with Gasteiger partial charge in [-0.3, -0.25) is 9.35 Å². The largest absolute Gasteiger partial charge is 0.505 e. The third-order valence-corrected chi connectivity index (χ3v) is 7.14. The van der Waals surface area contributed by atoms with Gasteiger partial charge in [0.1, 0.15) is 10.6 Å². The number of rotatable bonds is 8. The van der Waals surface area contributed by atoms with E-state index in [0.29, 0.717) is 28.3 Å². The molecular formula is C30H22N6O7S. The Hall–Kier alpha value is -5.99. The number of carboxylic acid groups (broad SMARTS) is 1. The quantitative estimate of drug-likeness (QED) is 0.0688. The van der Waals surface area contributed by atoms with Crippen molar-refractivity contribution in [2.75, 3.05) is 11.1 Å². The summed E-state index contributed by atoms with van der Waals surface area (Å²) in [6.45, 7) is 0. The highest BCUT2D eigenvalue weighted by molar-refractivity contribution is 7.86. The Morgan fingerprint density at radius 2 is 1.23 bits per heavy atom. The second kappa shape index (κ2) is 12.1. The van der Waals surface area contributed by atoms with E-state index in [1.54, 1.807) is 36.4 Å². The normalized spacial score (nSPS) is 11.8. The van der Waals surface area contributed by atoms with Crippen LogP contribution in [0.2, 0.25) is 0 Å². The first kappa shape index (κ1) is 29.5. The topological polar surface area (TPSA) is 216 Å². The van der Waals surface area contributed by atoms with Crippen LogP contribution < -0.4 is 11.1 Å². The average Bonchev–Trinajstić information content (AvgIpc) is 3.00. The van der Waals surface area contributed by atoms with Crippen molar-refractivity contribution in [1.29, 1.82) is 0 Å². The van der Waals surface area contributed by atoms with Gasteiger partial charge < -0.3 is 21.3 Å². The predicted octanol–water partition coefficient (Wildman–Crippen LogP) is 7.16. The number of nitrogens with zero attached hydrogens (tertiary/aromatic N) is 4. The number of nitrogen functional groups attached to an aromatic ring is 1. The Morgan fingerprint density at radius 1 is 0.705 bits per heavy atom. The number of hydrogen-bond donors (Lipinski definition) is 5. The number of phenols is 1. The van der Waals surface area contributed by atoms with Crippen molar-refractivity contribution in [3.05, 3.63) is 108 Å². The fourth-order valence-corrected chi connectivity index (χ4v) is 4.70. The lowest BCUT2D eigenvalue weighted by atomic mass is 10.1. The highest BCUT2D eigenvalue weighted by Crippen LogP contribution is 2.42. The number of fused-ring (bicyclic) bond motifs is 1. The molecule has 0 bridgehead atoms. The molecule has 5 rings (SSSR count). The van der Waals surface area contributed by atoms with Gasteiger partial charge in [-0.2, -0.15) is 23.8 Å². The summed E-state index contributed by atoms with van der Waals surface area (Å²) in [7, 11) is -4.86. The molecule has 0 fully saturated rings. The van der Waals surface area contributed by atoms with Crippen LogP contribution in [0.3, 0.4) is 0 Å². The number of carbonyl (C=O) groups excluding carboxylic acids is 1. The molecule has 1 amide bonds. The maximum Gasteiger partial charge on any atom is 0.335 e. The Bertz CT molecular complexity index is 2060. The van der Waals surface area contributed by atoms with E-state index in [2.05, 4.69) is 25.8 Å². The highest BCUT2D eigenvalue weighted by atomic mass is 32.2. The van der Waals surface area contributed by atoms with Gasteiger partial charge in [0, 0.05) is 22.3 Å². The van der Waals surface area contributed by atoms with Crippen molar-refractivity contribution in [2.45, 2.75) is 4.90 Å². The van der Waals surface area contributed by atoms with Gasteiger partial charge in [-0.25, -0.2) is 4.79 Å². The van der Waals surface area contributed by atoms with Crippen LogP contribution in [-0.4, -0.2) is 35.1 Å². The molecule has 0 spiro atoms. The van der Waals surface area contributed by atoms with E-state index in [9.17, 15) is 27.7 Å². The summed E-state index contributed by atoms with van der Waals surface area (Å²) in [5, 5.41) is 39.0. The standard InChI is InChI=1S/C30H22N6O7S/c31-20-5-1-17(2-6-20)29(38)32-24-13-14-25-19(15-24)16-26(44(41,42)43)27(28(25)37)36-35-23-11-9-22(10-12-23)34-33-21-7-3-18(4-8-21)30(39)40/h1-16,37H,31H2,(H,32,38)(H,39,40)(H,41,42,43). The minimum absolute atomic E-state index is 0.122. The monoisotopic (exact) mass is 610 g/mol. The molecule has 0 heterocycles. The number of azo groups is 2. The lowest BCUT2D eigenvalue weighted by Crippen LogP contribution is -2.11. The number of carboxylic acids is 1. The van der Waals surface area contributed by atoms with Gasteiger partial charge in [-0.1, -0.05) is 0 Å². The summed E-state index contributed by atoms with van der Waals surface area (Å²) < 4.78 is 34.4. The molecular weight excluding hydrogens is 588 g/mol. The summed E-state index contributed by atoms with van der Waals surface area (Å²) in [4.78, 5) is 22.9. The molecule has 5 aromatic carbocycles. The first-order chi connectivity index (χ1) is 21.0. The minimum atomic E-state index is -4.86. The predicted molar refractivity (Wildman–Crippen MR) is 162 cm³/mol. The van der Waals surface area contributed by atoms with Gasteiger partial charge in [-0.05, 0) is 102 Å². The number of benzene rings is 5. The second-order valence-corrected chi connectivity index (χ2v) is 10.7. The summed E-state index contributed by atoms with van der Waals surface area (Å²) in [5.74, 6) is -2.03. The van der Waals surface area contributed by atoms with Crippen molar-refractivity contribution in [1.82, 2.24) is 0 Å². The Kier molecular flexibility index (Phi) is 8.10. The number of nitrogens with one attached hydrogen (secondary N) is 1. The number of amides is 1. The molecule has 0 aliphatic heterocycles. The van der Waals surface area contributed by atoms with E-state index in [1.165, 1.54) is 54.6 Å². The highest BCUT2D eigenvalue weighted by Gasteiger charge is 2.22. The zero-order valence-electron chi connectivity index (χ0n) is 22.5. The molecule has 0 aliphatic carbocycles. The molecule has 220 valence electrons. The van der Waals surface area contributed by atoms with Gasteiger partial charge in [0.25, 0.3) is 16.0 Å². The molecule has 0 aromatic heterocycles. The SMILES string of the molecule is Nc1ccc(C(=O)Nc2ccc3c(O)c(N=Nc4ccc(N=Nc5ccc(C(=O)O)cc5)cc4)c(S(=O)(=O)O)cc3c2)cc1. The van der Waals surface area contributed by atoms with Crippen molar-refractivity contribution in [2.24, 2.45) is 20.5 Å². The average molecular weight is 611 g/mol. The van der Waals surface area contributed by atoms with Gasteiger partial charge in [0.15, 0.2) is 5.75 Å². The first-order valence-electron chi connectivity index (χ1n) is 12.7. The summed E-state index contributed by atoms with van der Waals surface area (Å²) in [6.07, 6.45) is 0. The van der Waals surface area contributed by atoms with Crippen LogP contribution in [0.15, 0.2) is 122 Å². The van der Waals surface area contributed by atoms with Gasteiger partial charge in [0.05, 0.1) is 22.6 Å². The molecule has 44 heavy (non-hydrogen) atoms. The number of phenolic OH excluding ortho intramolecular Hbond substituents is 1. The van der Waals surface area contributed by atoms with E-state index in [-0.39, 0.29) is 22.0 Å². The number of carbonyl (C=O) groups is 2. The number of aromatic hydroxyl groups is 1.